The first kappa shape index (κ1) is 14.1. The molecule has 5 heteroatoms. The highest BCUT2D eigenvalue weighted by Crippen LogP contribution is 2.26. The van der Waals surface area contributed by atoms with Crippen molar-refractivity contribution in [2.45, 2.75) is 23.8 Å². The van der Waals surface area contributed by atoms with Gasteiger partial charge in [0.25, 0.3) is 0 Å². The summed E-state index contributed by atoms with van der Waals surface area (Å²) in [6.45, 7) is 1.06. The maximum absolute atomic E-state index is 11.5. The molecule has 1 heterocycles. The fourth-order valence-electron chi connectivity index (χ4n) is 2.33. The van der Waals surface area contributed by atoms with Gasteiger partial charge in [-0.3, -0.25) is 14.5 Å². The van der Waals surface area contributed by atoms with Crippen molar-refractivity contribution in [3.63, 3.8) is 0 Å². The third-order valence-corrected chi connectivity index (χ3v) is 4.13. The number of hydrogen-bond donors (Lipinski definition) is 1. The summed E-state index contributed by atoms with van der Waals surface area (Å²) in [6.07, 6.45) is 2.89. The predicted octanol–water partition coefficient (Wildman–Crippen LogP) is 2.20. The molecule has 1 unspecified atom stereocenters. The first-order valence-electron chi connectivity index (χ1n) is 6.24. The Balaban J connectivity index is 2.19. The molecule has 1 aromatic rings. The molecule has 1 saturated heterocycles. The molecule has 0 amide bonds. The molecule has 0 spiro atoms. The third-order valence-electron chi connectivity index (χ3n) is 3.39. The Bertz CT molecular complexity index is 462. The van der Waals surface area contributed by atoms with E-state index in [0.29, 0.717) is 25.9 Å². The van der Waals surface area contributed by atoms with E-state index in [2.05, 4.69) is 0 Å². The quantitative estimate of drug-likeness (QED) is 0.856. The Morgan fingerprint density at radius 1 is 1.26 bits per heavy atom. The molecule has 0 radical (unpaired) electrons. The van der Waals surface area contributed by atoms with Crippen LogP contribution in [0.1, 0.15) is 24.4 Å². The standard InChI is InChI=1S/C14H17NO3S/c1-19-12-4-2-10(3-5-12)13(14(17)18)15-8-6-11(16)7-9-15/h2-5,13H,6-9H2,1H3,(H,17,18). The molecule has 1 N–H and O–H groups in total. The Morgan fingerprint density at radius 2 is 1.84 bits per heavy atom. The second kappa shape index (κ2) is 6.21. The van der Waals surface area contributed by atoms with Crippen LogP contribution in [0.2, 0.25) is 0 Å². The van der Waals surface area contributed by atoms with Crippen molar-refractivity contribution >= 4 is 23.5 Å². The summed E-state index contributed by atoms with van der Waals surface area (Å²) in [5.41, 5.74) is 0.777. The number of carbonyl (C=O) groups is 2. The van der Waals surface area contributed by atoms with E-state index in [9.17, 15) is 14.7 Å². The fraction of sp³-hybridized carbons (Fsp3) is 0.429. The number of piperidine rings is 1. The summed E-state index contributed by atoms with van der Waals surface area (Å²) in [5.74, 6) is -0.635. The van der Waals surface area contributed by atoms with Gasteiger partial charge in [-0.05, 0) is 24.0 Å². The molecule has 0 bridgehead atoms. The number of benzene rings is 1. The lowest BCUT2D eigenvalue weighted by atomic mass is 10.0. The molecule has 0 aromatic heterocycles. The Morgan fingerprint density at radius 3 is 2.32 bits per heavy atom. The SMILES string of the molecule is CSc1ccc(C(C(=O)O)N2CCC(=O)CC2)cc1. The third kappa shape index (κ3) is 3.36. The van der Waals surface area contributed by atoms with Gasteiger partial charge in [-0.2, -0.15) is 0 Å². The number of ketones is 1. The van der Waals surface area contributed by atoms with Crippen molar-refractivity contribution in [2.24, 2.45) is 0 Å². The number of thioether (sulfide) groups is 1. The number of carbonyl (C=O) groups excluding carboxylic acids is 1. The Labute approximate surface area is 116 Å². The summed E-state index contributed by atoms with van der Waals surface area (Å²) in [6, 6.07) is 6.95. The molecule has 19 heavy (non-hydrogen) atoms. The van der Waals surface area contributed by atoms with E-state index < -0.39 is 12.0 Å². The van der Waals surface area contributed by atoms with Crippen LogP contribution in [0.15, 0.2) is 29.2 Å². The molecule has 2 rings (SSSR count). The Kier molecular flexibility index (Phi) is 4.61. The van der Waals surface area contributed by atoms with Gasteiger partial charge in [0, 0.05) is 30.8 Å². The normalized spacial score (nSPS) is 18.3. The zero-order valence-electron chi connectivity index (χ0n) is 10.8. The minimum absolute atomic E-state index is 0.220. The number of aliphatic carboxylic acids is 1. The van der Waals surface area contributed by atoms with Crippen molar-refractivity contribution in [1.29, 1.82) is 0 Å². The second-order valence-electron chi connectivity index (χ2n) is 4.59. The van der Waals surface area contributed by atoms with Crippen molar-refractivity contribution in [3.05, 3.63) is 29.8 Å². The van der Waals surface area contributed by atoms with Crippen LogP contribution in [0.4, 0.5) is 0 Å². The molecule has 1 aliphatic heterocycles. The maximum Gasteiger partial charge on any atom is 0.325 e. The van der Waals surface area contributed by atoms with E-state index in [1.54, 1.807) is 11.8 Å². The number of hydrogen-bond acceptors (Lipinski definition) is 4. The number of carboxylic acids is 1. The average Bonchev–Trinajstić information content (AvgIpc) is 2.42. The highest BCUT2D eigenvalue weighted by molar-refractivity contribution is 7.98. The minimum Gasteiger partial charge on any atom is -0.480 e. The van der Waals surface area contributed by atoms with Crippen molar-refractivity contribution in [1.82, 2.24) is 4.90 Å². The lowest BCUT2D eigenvalue weighted by Crippen LogP contribution is -2.40. The molecule has 4 nitrogen and oxygen atoms in total. The number of likely N-dealkylation sites (tertiary alicyclic amines) is 1. The van der Waals surface area contributed by atoms with Crippen LogP contribution in [0, 0.1) is 0 Å². The molecular formula is C14H17NO3S. The van der Waals surface area contributed by atoms with Gasteiger partial charge in [0.15, 0.2) is 0 Å². The summed E-state index contributed by atoms with van der Waals surface area (Å²) >= 11 is 1.63. The van der Waals surface area contributed by atoms with Crippen LogP contribution in [0.25, 0.3) is 0 Å². The van der Waals surface area contributed by atoms with E-state index in [-0.39, 0.29) is 5.78 Å². The van der Waals surface area contributed by atoms with Crippen LogP contribution in [0.5, 0.6) is 0 Å². The van der Waals surface area contributed by atoms with Crippen LogP contribution in [-0.4, -0.2) is 41.1 Å². The molecule has 1 atom stereocenters. The fourth-order valence-corrected chi connectivity index (χ4v) is 2.74. The zero-order valence-corrected chi connectivity index (χ0v) is 11.7. The van der Waals surface area contributed by atoms with E-state index >= 15 is 0 Å². The molecule has 102 valence electrons. The van der Waals surface area contributed by atoms with Crippen molar-refractivity contribution in [3.8, 4) is 0 Å². The van der Waals surface area contributed by atoms with E-state index in [1.807, 2.05) is 35.4 Å². The summed E-state index contributed by atoms with van der Waals surface area (Å²) in [5, 5.41) is 9.44. The Hall–Kier alpha value is -1.33. The van der Waals surface area contributed by atoms with Crippen LogP contribution in [-0.2, 0) is 9.59 Å². The summed E-state index contributed by atoms with van der Waals surface area (Å²) in [4.78, 5) is 25.7. The van der Waals surface area contributed by atoms with Gasteiger partial charge in [-0.1, -0.05) is 12.1 Å². The predicted molar refractivity (Wildman–Crippen MR) is 74.4 cm³/mol. The largest absolute Gasteiger partial charge is 0.480 e. The zero-order chi connectivity index (χ0) is 13.8. The topological polar surface area (TPSA) is 57.6 Å². The molecular weight excluding hydrogens is 262 g/mol. The maximum atomic E-state index is 11.5. The number of rotatable bonds is 4. The van der Waals surface area contributed by atoms with E-state index in [0.717, 1.165) is 10.5 Å². The van der Waals surface area contributed by atoms with E-state index in [1.165, 1.54) is 0 Å². The van der Waals surface area contributed by atoms with Crippen LogP contribution < -0.4 is 0 Å². The number of nitrogens with zero attached hydrogens (tertiary/aromatic N) is 1. The molecule has 0 aliphatic carbocycles. The van der Waals surface area contributed by atoms with Gasteiger partial charge in [0.1, 0.15) is 11.8 Å². The monoisotopic (exact) mass is 279 g/mol. The smallest absolute Gasteiger partial charge is 0.325 e. The molecule has 1 aromatic carbocycles. The average molecular weight is 279 g/mol. The molecule has 0 saturated carbocycles. The molecule has 1 fully saturated rings. The first-order valence-corrected chi connectivity index (χ1v) is 7.47. The van der Waals surface area contributed by atoms with Gasteiger partial charge < -0.3 is 5.11 Å². The van der Waals surface area contributed by atoms with Gasteiger partial charge in [-0.25, -0.2) is 0 Å². The molecule has 1 aliphatic rings. The highest BCUT2D eigenvalue weighted by Gasteiger charge is 2.30. The van der Waals surface area contributed by atoms with Gasteiger partial charge >= 0.3 is 5.97 Å². The lowest BCUT2D eigenvalue weighted by Gasteiger charge is -2.31. The van der Waals surface area contributed by atoms with Crippen molar-refractivity contribution in [2.75, 3.05) is 19.3 Å². The van der Waals surface area contributed by atoms with Crippen LogP contribution in [0.3, 0.4) is 0 Å². The van der Waals surface area contributed by atoms with Gasteiger partial charge in [-0.15, -0.1) is 11.8 Å². The lowest BCUT2D eigenvalue weighted by molar-refractivity contribution is -0.145. The number of carboxylic acid groups (broad SMARTS) is 1. The van der Waals surface area contributed by atoms with Gasteiger partial charge in [0.05, 0.1) is 0 Å². The first-order chi connectivity index (χ1) is 9.11. The highest BCUT2D eigenvalue weighted by atomic mass is 32.2. The van der Waals surface area contributed by atoms with Crippen molar-refractivity contribution < 1.29 is 14.7 Å². The summed E-state index contributed by atoms with van der Waals surface area (Å²) < 4.78 is 0. The van der Waals surface area contributed by atoms with Crippen LogP contribution >= 0.6 is 11.8 Å². The number of Topliss-reactive ketones (excluding diaryl/α,β-unsaturated/α-hetero) is 1. The minimum atomic E-state index is -0.855. The van der Waals surface area contributed by atoms with Gasteiger partial charge in [0.2, 0.25) is 0 Å². The van der Waals surface area contributed by atoms with E-state index in [4.69, 9.17) is 0 Å². The summed E-state index contributed by atoms with van der Waals surface area (Å²) in [7, 11) is 0. The second-order valence-corrected chi connectivity index (χ2v) is 5.47.